The second-order valence-electron chi connectivity index (χ2n) is 5.10. The van der Waals surface area contributed by atoms with E-state index in [2.05, 4.69) is 50.0 Å². The van der Waals surface area contributed by atoms with E-state index in [1.165, 1.54) is 27.8 Å². The molecule has 2 aromatic rings. The number of fused-ring (bicyclic) bond motifs is 3. The van der Waals surface area contributed by atoms with Crippen LogP contribution in [0.5, 0.6) is 0 Å². The molecule has 0 unspecified atom stereocenters. The minimum absolute atomic E-state index is 0.0882. The fourth-order valence-electron chi connectivity index (χ4n) is 2.68. The molecular weight excluding hydrogens is 194 g/mol. The molecule has 1 aliphatic carbocycles. The molecule has 80 valence electrons. The molecule has 1 heteroatoms. The van der Waals surface area contributed by atoms with Crippen LogP contribution in [0.15, 0.2) is 36.7 Å². The van der Waals surface area contributed by atoms with Crippen molar-refractivity contribution in [3.05, 3.63) is 53.3 Å². The van der Waals surface area contributed by atoms with Crippen molar-refractivity contribution in [1.82, 2.24) is 4.98 Å². The van der Waals surface area contributed by atoms with Crippen molar-refractivity contribution in [3.8, 4) is 11.1 Å². The summed E-state index contributed by atoms with van der Waals surface area (Å²) in [6, 6.07) is 8.84. The Morgan fingerprint density at radius 3 is 2.56 bits per heavy atom. The lowest BCUT2D eigenvalue weighted by molar-refractivity contribution is 0.656. The third kappa shape index (κ3) is 1.09. The molecule has 1 heterocycles. The number of pyridine rings is 1. The van der Waals surface area contributed by atoms with Gasteiger partial charge in [0, 0.05) is 17.8 Å². The molecule has 0 amide bonds. The smallest absolute Gasteiger partial charge is 0.0314 e. The molecule has 0 fully saturated rings. The number of benzene rings is 1. The van der Waals surface area contributed by atoms with Crippen molar-refractivity contribution in [1.29, 1.82) is 0 Å². The highest BCUT2D eigenvalue weighted by Crippen LogP contribution is 2.48. The van der Waals surface area contributed by atoms with Crippen LogP contribution >= 0.6 is 0 Å². The number of hydrogen-bond donors (Lipinski definition) is 0. The van der Waals surface area contributed by atoms with E-state index in [9.17, 15) is 0 Å². The van der Waals surface area contributed by atoms with E-state index >= 15 is 0 Å². The van der Waals surface area contributed by atoms with Gasteiger partial charge in [0.2, 0.25) is 0 Å². The number of rotatable bonds is 0. The minimum atomic E-state index is 0.0882. The molecule has 3 rings (SSSR count). The van der Waals surface area contributed by atoms with Gasteiger partial charge in [-0.05, 0) is 35.2 Å². The maximum Gasteiger partial charge on any atom is 0.0314 e. The predicted molar refractivity (Wildman–Crippen MR) is 66.5 cm³/mol. The fourth-order valence-corrected chi connectivity index (χ4v) is 2.68. The zero-order valence-electron chi connectivity index (χ0n) is 9.91. The molecule has 1 nitrogen and oxygen atoms in total. The maximum absolute atomic E-state index is 4.26. The van der Waals surface area contributed by atoms with Gasteiger partial charge in [-0.3, -0.25) is 4.98 Å². The summed E-state index contributed by atoms with van der Waals surface area (Å²) < 4.78 is 0. The van der Waals surface area contributed by atoms with Gasteiger partial charge in [-0.25, -0.2) is 0 Å². The Kier molecular flexibility index (Phi) is 1.76. The largest absolute Gasteiger partial charge is 0.264 e. The lowest BCUT2D eigenvalue weighted by atomic mass is 9.83. The highest BCUT2D eigenvalue weighted by atomic mass is 14.6. The van der Waals surface area contributed by atoms with Gasteiger partial charge in [0.1, 0.15) is 0 Å². The molecule has 0 aliphatic heterocycles. The van der Waals surface area contributed by atoms with E-state index in [1.54, 1.807) is 0 Å². The summed E-state index contributed by atoms with van der Waals surface area (Å²) in [4.78, 5) is 4.26. The molecule has 1 aromatic carbocycles. The topological polar surface area (TPSA) is 12.9 Å². The van der Waals surface area contributed by atoms with E-state index in [-0.39, 0.29) is 5.41 Å². The van der Waals surface area contributed by atoms with Crippen molar-refractivity contribution in [2.75, 3.05) is 0 Å². The van der Waals surface area contributed by atoms with Gasteiger partial charge in [0.25, 0.3) is 0 Å². The van der Waals surface area contributed by atoms with Gasteiger partial charge in [-0.2, -0.15) is 0 Å². The summed E-state index contributed by atoms with van der Waals surface area (Å²) in [5.74, 6) is 0. The first-order chi connectivity index (χ1) is 7.60. The summed E-state index contributed by atoms with van der Waals surface area (Å²) in [5.41, 5.74) is 6.90. The zero-order chi connectivity index (χ0) is 11.3. The Morgan fingerprint density at radius 2 is 1.75 bits per heavy atom. The Morgan fingerprint density at radius 1 is 1.00 bits per heavy atom. The second kappa shape index (κ2) is 2.94. The molecular formula is C15H15N. The van der Waals surface area contributed by atoms with E-state index in [0.29, 0.717) is 0 Å². The highest BCUT2D eigenvalue weighted by molar-refractivity contribution is 5.80. The van der Waals surface area contributed by atoms with Crippen LogP contribution in [-0.2, 0) is 5.41 Å². The minimum Gasteiger partial charge on any atom is -0.264 e. The Labute approximate surface area is 96.2 Å². The van der Waals surface area contributed by atoms with Crippen molar-refractivity contribution >= 4 is 0 Å². The van der Waals surface area contributed by atoms with E-state index in [1.807, 2.05) is 12.4 Å². The summed E-state index contributed by atoms with van der Waals surface area (Å²) in [6.07, 6.45) is 3.88. The van der Waals surface area contributed by atoms with Crippen LogP contribution in [0.2, 0.25) is 0 Å². The van der Waals surface area contributed by atoms with E-state index in [4.69, 9.17) is 0 Å². The van der Waals surface area contributed by atoms with Crippen LogP contribution in [0.3, 0.4) is 0 Å². The number of aryl methyl sites for hydroxylation is 1. The highest BCUT2D eigenvalue weighted by Gasteiger charge is 2.35. The average Bonchev–Trinajstić information content (AvgIpc) is 2.49. The standard InChI is InChI=1S/C15H15N/c1-10-4-5-11-12-6-7-16-9-14(12)15(2,3)13(11)8-10/h4-9H,1-3H3. The number of hydrogen-bond acceptors (Lipinski definition) is 1. The normalized spacial score (nSPS) is 15.7. The van der Waals surface area contributed by atoms with Crippen LogP contribution in [-0.4, -0.2) is 4.98 Å². The molecule has 0 spiro atoms. The lowest BCUT2D eigenvalue weighted by Crippen LogP contribution is -2.15. The lowest BCUT2D eigenvalue weighted by Gasteiger charge is -2.21. The molecule has 16 heavy (non-hydrogen) atoms. The monoisotopic (exact) mass is 209 g/mol. The van der Waals surface area contributed by atoms with Crippen molar-refractivity contribution < 1.29 is 0 Å². The third-order valence-electron chi connectivity index (χ3n) is 3.63. The molecule has 0 N–H and O–H groups in total. The van der Waals surface area contributed by atoms with Crippen molar-refractivity contribution in [3.63, 3.8) is 0 Å². The summed E-state index contributed by atoms with van der Waals surface area (Å²) in [5, 5.41) is 0. The fraction of sp³-hybridized carbons (Fsp3) is 0.267. The van der Waals surface area contributed by atoms with Gasteiger partial charge >= 0.3 is 0 Å². The third-order valence-corrected chi connectivity index (χ3v) is 3.63. The molecule has 0 atom stereocenters. The molecule has 0 saturated heterocycles. The summed E-state index contributed by atoms with van der Waals surface area (Å²) in [7, 11) is 0. The van der Waals surface area contributed by atoms with Crippen molar-refractivity contribution in [2.24, 2.45) is 0 Å². The first-order valence-corrected chi connectivity index (χ1v) is 5.67. The van der Waals surface area contributed by atoms with E-state index < -0.39 is 0 Å². The van der Waals surface area contributed by atoms with Gasteiger partial charge in [-0.15, -0.1) is 0 Å². The number of nitrogens with zero attached hydrogens (tertiary/aromatic N) is 1. The second-order valence-corrected chi connectivity index (χ2v) is 5.10. The molecule has 1 aromatic heterocycles. The van der Waals surface area contributed by atoms with Gasteiger partial charge in [0.15, 0.2) is 0 Å². The first kappa shape index (κ1) is 9.59. The Hall–Kier alpha value is -1.63. The quantitative estimate of drug-likeness (QED) is 0.644. The van der Waals surface area contributed by atoms with Crippen LogP contribution in [0, 0.1) is 6.92 Å². The van der Waals surface area contributed by atoms with Gasteiger partial charge in [0.05, 0.1) is 0 Å². The molecule has 0 bridgehead atoms. The van der Waals surface area contributed by atoms with Crippen molar-refractivity contribution in [2.45, 2.75) is 26.2 Å². The van der Waals surface area contributed by atoms with Gasteiger partial charge in [-0.1, -0.05) is 37.6 Å². The molecule has 0 radical (unpaired) electrons. The van der Waals surface area contributed by atoms with Crippen LogP contribution < -0.4 is 0 Å². The number of aromatic nitrogens is 1. The van der Waals surface area contributed by atoms with Gasteiger partial charge < -0.3 is 0 Å². The molecule has 0 saturated carbocycles. The summed E-state index contributed by atoms with van der Waals surface area (Å²) in [6.45, 7) is 6.70. The molecule has 1 aliphatic rings. The van der Waals surface area contributed by atoms with E-state index in [0.717, 1.165) is 0 Å². The first-order valence-electron chi connectivity index (χ1n) is 5.67. The maximum atomic E-state index is 4.26. The van der Waals surface area contributed by atoms with Crippen LogP contribution in [0.4, 0.5) is 0 Å². The Bertz CT molecular complexity index is 567. The zero-order valence-corrected chi connectivity index (χ0v) is 9.91. The van der Waals surface area contributed by atoms with Crippen LogP contribution in [0.1, 0.15) is 30.5 Å². The van der Waals surface area contributed by atoms with Crippen LogP contribution in [0.25, 0.3) is 11.1 Å². The summed E-state index contributed by atoms with van der Waals surface area (Å²) >= 11 is 0. The predicted octanol–water partition coefficient (Wildman–Crippen LogP) is 3.70. The Balaban J connectivity index is 2.39. The average molecular weight is 209 g/mol. The SMILES string of the molecule is Cc1ccc2c(c1)C(C)(C)c1cnccc1-2.